The number of nitrogens with zero attached hydrogens (tertiary/aromatic N) is 1. The topological polar surface area (TPSA) is 42.4 Å². The van der Waals surface area contributed by atoms with Crippen molar-refractivity contribution in [1.82, 2.24) is 4.98 Å². The molecule has 0 aliphatic rings. The van der Waals surface area contributed by atoms with Crippen LogP contribution in [0.2, 0.25) is 0 Å². The van der Waals surface area contributed by atoms with Crippen LogP contribution in [0.3, 0.4) is 0 Å². The van der Waals surface area contributed by atoms with Gasteiger partial charge in [0.2, 0.25) is 0 Å². The Kier molecular flexibility index (Phi) is 3.45. The average molecular weight is 249 g/mol. The fourth-order valence-electron chi connectivity index (χ4n) is 1.68. The number of ether oxygens (including phenoxy) is 1. The molecule has 0 saturated heterocycles. The van der Waals surface area contributed by atoms with Crippen LogP contribution in [0.25, 0.3) is 10.6 Å². The summed E-state index contributed by atoms with van der Waals surface area (Å²) in [6.45, 7) is 3.99. The minimum absolute atomic E-state index is 0.0393. The van der Waals surface area contributed by atoms with Crippen molar-refractivity contribution in [3.8, 4) is 16.3 Å². The van der Waals surface area contributed by atoms with Gasteiger partial charge in [-0.3, -0.25) is 0 Å². The van der Waals surface area contributed by atoms with E-state index >= 15 is 0 Å². The van der Waals surface area contributed by atoms with E-state index in [1.807, 2.05) is 26.0 Å². The van der Waals surface area contributed by atoms with Crippen molar-refractivity contribution in [3.63, 3.8) is 0 Å². The highest BCUT2D eigenvalue weighted by Crippen LogP contribution is 2.34. The first-order chi connectivity index (χ1) is 8.15. The van der Waals surface area contributed by atoms with E-state index in [0.717, 1.165) is 26.9 Å². The van der Waals surface area contributed by atoms with Crippen molar-refractivity contribution in [3.05, 3.63) is 34.3 Å². The monoisotopic (exact) mass is 249 g/mol. The lowest BCUT2D eigenvalue weighted by Gasteiger charge is -2.06. The second kappa shape index (κ2) is 4.85. The number of aliphatic hydroxyl groups is 1. The van der Waals surface area contributed by atoms with Crippen LogP contribution in [0.1, 0.15) is 16.1 Å². The second-order valence-electron chi connectivity index (χ2n) is 3.89. The molecule has 17 heavy (non-hydrogen) atoms. The molecule has 3 nitrogen and oxygen atoms in total. The smallest absolute Gasteiger partial charge is 0.129 e. The van der Waals surface area contributed by atoms with E-state index in [4.69, 9.17) is 4.74 Å². The molecule has 0 saturated carbocycles. The molecular formula is C13H15NO2S. The average Bonchev–Trinajstić information content (AvgIpc) is 2.70. The SMILES string of the molecule is COc1ccc(C)cc1-c1nc(C)c(CO)s1. The first-order valence-electron chi connectivity index (χ1n) is 5.38. The molecule has 90 valence electrons. The molecule has 2 aromatic rings. The summed E-state index contributed by atoms with van der Waals surface area (Å²) >= 11 is 1.51. The van der Waals surface area contributed by atoms with Crippen LogP contribution < -0.4 is 4.74 Å². The van der Waals surface area contributed by atoms with E-state index < -0.39 is 0 Å². The van der Waals surface area contributed by atoms with E-state index in [1.54, 1.807) is 7.11 Å². The van der Waals surface area contributed by atoms with Gasteiger partial charge in [0.15, 0.2) is 0 Å². The highest BCUT2D eigenvalue weighted by atomic mass is 32.1. The standard InChI is InChI=1S/C13H15NO2S/c1-8-4-5-11(16-3)10(6-8)13-14-9(2)12(7-15)17-13/h4-6,15H,7H2,1-3H3. The zero-order valence-electron chi connectivity index (χ0n) is 10.2. The van der Waals surface area contributed by atoms with Crippen LogP contribution in [-0.4, -0.2) is 17.2 Å². The number of thiazole rings is 1. The summed E-state index contributed by atoms with van der Waals surface area (Å²) < 4.78 is 5.34. The highest BCUT2D eigenvalue weighted by molar-refractivity contribution is 7.15. The lowest BCUT2D eigenvalue weighted by molar-refractivity contribution is 0.284. The van der Waals surface area contributed by atoms with Crippen LogP contribution in [0.15, 0.2) is 18.2 Å². The van der Waals surface area contributed by atoms with Crippen molar-refractivity contribution in [2.75, 3.05) is 7.11 Å². The number of hydrogen-bond acceptors (Lipinski definition) is 4. The van der Waals surface area contributed by atoms with Crippen molar-refractivity contribution >= 4 is 11.3 Å². The Morgan fingerprint density at radius 3 is 2.71 bits per heavy atom. The van der Waals surface area contributed by atoms with Crippen molar-refractivity contribution in [1.29, 1.82) is 0 Å². The number of aliphatic hydroxyl groups excluding tert-OH is 1. The summed E-state index contributed by atoms with van der Waals surface area (Å²) in [6, 6.07) is 6.01. The lowest BCUT2D eigenvalue weighted by Crippen LogP contribution is -1.88. The minimum atomic E-state index is 0.0393. The van der Waals surface area contributed by atoms with Crippen LogP contribution in [0, 0.1) is 13.8 Å². The Morgan fingerprint density at radius 1 is 1.35 bits per heavy atom. The molecule has 0 atom stereocenters. The van der Waals surface area contributed by atoms with Gasteiger partial charge in [0.05, 0.1) is 29.9 Å². The first-order valence-corrected chi connectivity index (χ1v) is 6.19. The number of hydrogen-bond donors (Lipinski definition) is 1. The molecule has 0 aliphatic heterocycles. The Hall–Kier alpha value is -1.39. The molecule has 4 heteroatoms. The Bertz CT molecular complexity index is 534. The van der Waals surface area contributed by atoms with Crippen molar-refractivity contribution in [2.24, 2.45) is 0 Å². The predicted octanol–water partition coefficient (Wildman–Crippen LogP) is 2.93. The van der Waals surface area contributed by atoms with E-state index in [0.29, 0.717) is 0 Å². The van der Waals surface area contributed by atoms with Gasteiger partial charge in [0.25, 0.3) is 0 Å². The quantitative estimate of drug-likeness (QED) is 0.909. The lowest BCUT2D eigenvalue weighted by atomic mass is 10.1. The summed E-state index contributed by atoms with van der Waals surface area (Å²) in [5, 5.41) is 10.1. The van der Waals surface area contributed by atoms with Gasteiger partial charge in [-0.05, 0) is 26.0 Å². The normalized spacial score (nSPS) is 10.6. The van der Waals surface area contributed by atoms with Gasteiger partial charge in [-0.1, -0.05) is 11.6 Å². The van der Waals surface area contributed by atoms with Crippen LogP contribution in [0.5, 0.6) is 5.75 Å². The second-order valence-corrected chi connectivity index (χ2v) is 4.97. The Morgan fingerprint density at radius 2 is 2.12 bits per heavy atom. The van der Waals surface area contributed by atoms with Gasteiger partial charge in [0.1, 0.15) is 10.8 Å². The molecule has 1 aromatic heterocycles. The first kappa shape index (κ1) is 12.1. The van der Waals surface area contributed by atoms with Gasteiger partial charge in [-0.25, -0.2) is 4.98 Å². The van der Waals surface area contributed by atoms with Crippen LogP contribution >= 0.6 is 11.3 Å². The molecule has 0 amide bonds. The predicted molar refractivity (Wildman–Crippen MR) is 69.5 cm³/mol. The summed E-state index contributed by atoms with van der Waals surface area (Å²) in [7, 11) is 1.65. The van der Waals surface area contributed by atoms with E-state index in [-0.39, 0.29) is 6.61 Å². The van der Waals surface area contributed by atoms with Gasteiger partial charge < -0.3 is 9.84 Å². The Balaban J connectivity index is 2.54. The van der Waals surface area contributed by atoms with Gasteiger partial charge in [0, 0.05) is 0 Å². The number of aromatic nitrogens is 1. The number of rotatable bonds is 3. The Labute approximate surface area is 105 Å². The summed E-state index contributed by atoms with van der Waals surface area (Å²) in [5.41, 5.74) is 3.04. The minimum Gasteiger partial charge on any atom is -0.496 e. The van der Waals surface area contributed by atoms with Crippen molar-refractivity contribution < 1.29 is 9.84 Å². The largest absolute Gasteiger partial charge is 0.496 e. The van der Waals surface area contributed by atoms with E-state index in [9.17, 15) is 5.11 Å². The zero-order chi connectivity index (χ0) is 12.4. The molecule has 1 heterocycles. The molecular weight excluding hydrogens is 234 g/mol. The fraction of sp³-hybridized carbons (Fsp3) is 0.308. The third-order valence-corrected chi connectivity index (χ3v) is 3.80. The number of methoxy groups -OCH3 is 1. The molecule has 0 bridgehead atoms. The van der Waals surface area contributed by atoms with Gasteiger partial charge in [-0.15, -0.1) is 11.3 Å². The summed E-state index contributed by atoms with van der Waals surface area (Å²) in [4.78, 5) is 5.39. The third kappa shape index (κ3) is 2.33. The van der Waals surface area contributed by atoms with Crippen molar-refractivity contribution in [2.45, 2.75) is 20.5 Å². The maximum Gasteiger partial charge on any atom is 0.129 e. The molecule has 0 fully saturated rings. The maximum atomic E-state index is 9.20. The number of aryl methyl sites for hydroxylation is 2. The molecule has 1 N–H and O–H groups in total. The van der Waals surface area contributed by atoms with E-state index in [1.165, 1.54) is 16.9 Å². The summed E-state index contributed by atoms with van der Waals surface area (Å²) in [6.07, 6.45) is 0. The van der Waals surface area contributed by atoms with Crippen LogP contribution in [0.4, 0.5) is 0 Å². The van der Waals surface area contributed by atoms with Gasteiger partial charge >= 0.3 is 0 Å². The molecule has 1 aromatic carbocycles. The molecule has 2 rings (SSSR count). The summed E-state index contributed by atoms with van der Waals surface area (Å²) in [5.74, 6) is 0.814. The molecule has 0 unspecified atom stereocenters. The number of benzene rings is 1. The molecule has 0 spiro atoms. The molecule has 0 aliphatic carbocycles. The zero-order valence-corrected chi connectivity index (χ0v) is 11.0. The fourth-order valence-corrected chi connectivity index (χ4v) is 2.62. The highest BCUT2D eigenvalue weighted by Gasteiger charge is 2.12. The van der Waals surface area contributed by atoms with Gasteiger partial charge in [-0.2, -0.15) is 0 Å². The van der Waals surface area contributed by atoms with Crippen LogP contribution in [-0.2, 0) is 6.61 Å². The molecule has 0 radical (unpaired) electrons. The maximum absolute atomic E-state index is 9.20. The third-order valence-electron chi connectivity index (χ3n) is 2.62. The van der Waals surface area contributed by atoms with E-state index in [2.05, 4.69) is 11.1 Å².